The average Bonchev–Trinajstić information content (AvgIpc) is 2.10. The summed E-state index contributed by atoms with van der Waals surface area (Å²) in [5.74, 6) is 1.08. The Labute approximate surface area is 91.4 Å². The fourth-order valence-electron chi connectivity index (χ4n) is 1.14. The zero-order chi connectivity index (χ0) is 11.4. The van der Waals surface area contributed by atoms with Crippen LogP contribution in [0.2, 0.25) is 0 Å². The third-order valence-corrected chi connectivity index (χ3v) is 2.92. The first-order valence-electron chi connectivity index (χ1n) is 4.85. The Morgan fingerprint density at radius 1 is 1.57 bits per heavy atom. The van der Waals surface area contributed by atoms with Gasteiger partial charge in [0.15, 0.2) is 0 Å². The highest BCUT2D eigenvalue weighted by Crippen LogP contribution is 2.10. The van der Waals surface area contributed by atoms with E-state index in [1.54, 1.807) is 30.5 Å². The number of nitrogens with zero attached hydrogens (tertiary/aromatic N) is 1. The Hall–Kier alpha value is -0.220. The molecule has 0 bridgehead atoms. The lowest BCUT2D eigenvalue weighted by Gasteiger charge is -2.30. The number of thioether (sulfide) groups is 1. The van der Waals surface area contributed by atoms with Crippen LogP contribution in [0.15, 0.2) is 0 Å². The molecule has 2 N–H and O–H groups in total. The molecule has 0 heterocycles. The molecule has 0 aromatic heterocycles. The summed E-state index contributed by atoms with van der Waals surface area (Å²) in [7, 11) is 1.82. The zero-order valence-corrected chi connectivity index (χ0v) is 10.6. The second kappa shape index (κ2) is 5.61. The molecule has 0 aliphatic heterocycles. The van der Waals surface area contributed by atoms with E-state index in [1.807, 2.05) is 7.05 Å². The molecule has 0 aromatic carbocycles. The summed E-state index contributed by atoms with van der Waals surface area (Å²) in [6.45, 7) is 5.54. The van der Waals surface area contributed by atoms with Crippen molar-refractivity contribution in [3.8, 4) is 0 Å². The minimum atomic E-state index is -0.762. The zero-order valence-electron chi connectivity index (χ0n) is 9.83. The molecule has 14 heavy (non-hydrogen) atoms. The van der Waals surface area contributed by atoms with Gasteiger partial charge in [0, 0.05) is 13.1 Å². The van der Waals surface area contributed by atoms with E-state index >= 15 is 0 Å². The molecule has 0 fully saturated rings. The van der Waals surface area contributed by atoms with Gasteiger partial charge in [0.1, 0.15) is 0 Å². The molecule has 0 radical (unpaired) electrons. The molecule has 1 amide bonds. The number of carbonyl (C=O) groups is 1. The summed E-state index contributed by atoms with van der Waals surface area (Å²) >= 11 is 1.80. The minimum Gasteiger partial charge on any atom is -0.341 e. The first-order chi connectivity index (χ1) is 6.30. The van der Waals surface area contributed by atoms with Crippen molar-refractivity contribution < 1.29 is 4.79 Å². The first kappa shape index (κ1) is 13.8. The van der Waals surface area contributed by atoms with Gasteiger partial charge in [-0.3, -0.25) is 4.79 Å². The summed E-state index contributed by atoms with van der Waals surface area (Å²) in [6.07, 6.45) is 3.08. The van der Waals surface area contributed by atoms with Crippen molar-refractivity contribution in [3.05, 3.63) is 0 Å². The molecular formula is C10H22N2OS. The van der Waals surface area contributed by atoms with E-state index in [2.05, 4.69) is 13.2 Å². The predicted octanol–water partition coefficient (Wildman–Crippen LogP) is 1.32. The third-order valence-electron chi connectivity index (χ3n) is 2.27. The molecule has 0 aliphatic carbocycles. The molecule has 0 saturated carbocycles. The van der Waals surface area contributed by atoms with Crippen LogP contribution in [0.3, 0.4) is 0 Å². The van der Waals surface area contributed by atoms with Crippen molar-refractivity contribution in [2.75, 3.05) is 19.1 Å². The van der Waals surface area contributed by atoms with Crippen LogP contribution < -0.4 is 5.73 Å². The van der Waals surface area contributed by atoms with E-state index in [-0.39, 0.29) is 11.9 Å². The molecular weight excluding hydrogens is 196 g/mol. The van der Waals surface area contributed by atoms with Gasteiger partial charge in [-0.25, -0.2) is 0 Å². The molecule has 3 nitrogen and oxygen atoms in total. The van der Waals surface area contributed by atoms with Crippen LogP contribution in [0.25, 0.3) is 0 Å². The van der Waals surface area contributed by atoms with Crippen LogP contribution in [-0.4, -0.2) is 41.4 Å². The molecule has 0 saturated heterocycles. The molecule has 0 aliphatic rings. The number of hydrogen-bond donors (Lipinski definition) is 1. The largest absolute Gasteiger partial charge is 0.341 e. The fraction of sp³-hybridized carbons (Fsp3) is 0.900. The highest BCUT2D eigenvalue weighted by Gasteiger charge is 2.27. The Bertz CT molecular complexity index is 189. The number of amides is 1. The maximum Gasteiger partial charge on any atom is 0.242 e. The van der Waals surface area contributed by atoms with E-state index in [0.717, 1.165) is 12.2 Å². The van der Waals surface area contributed by atoms with Gasteiger partial charge in [-0.2, -0.15) is 11.8 Å². The molecule has 0 rings (SSSR count). The van der Waals surface area contributed by atoms with Crippen LogP contribution >= 0.6 is 11.8 Å². The predicted molar refractivity (Wildman–Crippen MR) is 63.5 cm³/mol. The average molecular weight is 218 g/mol. The number of nitrogens with two attached hydrogens (primary N) is 1. The minimum absolute atomic E-state index is 0.00565. The van der Waals surface area contributed by atoms with Gasteiger partial charge >= 0.3 is 0 Å². The first-order valence-corrected chi connectivity index (χ1v) is 6.25. The van der Waals surface area contributed by atoms with Crippen LogP contribution in [0.1, 0.15) is 27.2 Å². The van der Waals surface area contributed by atoms with Gasteiger partial charge in [-0.15, -0.1) is 0 Å². The second-order valence-electron chi connectivity index (χ2n) is 4.27. The fourth-order valence-corrected chi connectivity index (χ4v) is 1.71. The smallest absolute Gasteiger partial charge is 0.242 e. The molecule has 84 valence electrons. The van der Waals surface area contributed by atoms with Crippen LogP contribution in [0.5, 0.6) is 0 Å². The summed E-state index contributed by atoms with van der Waals surface area (Å²) < 4.78 is 0. The van der Waals surface area contributed by atoms with Crippen molar-refractivity contribution in [2.45, 2.75) is 38.8 Å². The van der Waals surface area contributed by atoms with Crippen molar-refractivity contribution in [1.82, 2.24) is 4.90 Å². The van der Waals surface area contributed by atoms with Crippen molar-refractivity contribution in [3.63, 3.8) is 0 Å². The second-order valence-corrected chi connectivity index (χ2v) is 5.25. The van der Waals surface area contributed by atoms with Gasteiger partial charge in [0.2, 0.25) is 5.91 Å². The topological polar surface area (TPSA) is 46.3 Å². The van der Waals surface area contributed by atoms with Crippen LogP contribution in [0.4, 0.5) is 0 Å². The lowest BCUT2D eigenvalue weighted by atomic mass is 10.0. The lowest BCUT2D eigenvalue weighted by molar-refractivity contribution is -0.136. The third kappa shape index (κ3) is 4.33. The summed E-state index contributed by atoms with van der Waals surface area (Å²) in [5, 5.41) is 0. The Morgan fingerprint density at radius 3 is 2.43 bits per heavy atom. The van der Waals surface area contributed by atoms with Gasteiger partial charge in [-0.1, -0.05) is 0 Å². The van der Waals surface area contributed by atoms with Crippen molar-refractivity contribution in [2.24, 2.45) is 5.73 Å². The number of rotatable bonds is 5. The van der Waals surface area contributed by atoms with Crippen molar-refractivity contribution >= 4 is 17.7 Å². The Kier molecular flexibility index (Phi) is 5.52. The molecule has 1 atom stereocenters. The van der Waals surface area contributed by atoms with Crippen LogP contribution in [-0.2, 0) is 4.79 Å². The summed E-state index contributed by atoms with van der Waals surface area (Å²) in [6, 6.07) is 0.262. The number of hydrogen-bond acceptors (Lipinski definition) is 3. The number of likely N-dealkylation sites (N-methyl/N-ethyl adjacent to an activating group) is 1. The van der Waals surface area contributed by atoms with Gasteiger partial charge in [0.05, 0.1) is 5.54 Å². The summed E-state index contributed by atoms with van der Waals surface area (Å²) in [5.41, 5.74) is 4.99. The highest BCUT2D eigenvalue weighted by molar-refractivity contribution is 7.98. The number of carbonyl (C=O) groups excluding carboxylic acids is 1. The van der Waals surface area contributed by atoms with E-state index in [9.17, 15) is 4.79 Å². The molecule has 0 spiro atoms. The normalized spacial score (nSPS) is 13.9. The van der Waals surface area contributed by atoms with Gasteiger partial charge in [0.25, 0.3) is 0 Å². The molecule has 0 aromatic rings. The Morgan fingerprint density at radius 2 is 2.07 bits per heavy atom. The van der Waals surface area contributed by atoms with E-state index in [0.29, 0.717) is 0 Å². The SMILES string of the molecule is CSCCC(C)N(C)C(=O)C(C)(C)N. The maximum atomic E-state index is 11.8. The standard InChI is InChI=1S/C10H22N2OS/c1-8(6-7-14-5)12(4)9(13)10(2,3)11/h8H,6-7,11H2,1-5H3. The van der Waals surface area contributed by atoms with Gasteiger partial charge < -0.3 is 10.6 Å². The molecule has 1 unspecified atom stereocenters. The van der Waals surface area contributed by atoms with E-state index < -0.39 is 5.54 Å². The van der Waals surface area contributed by atoms with Crippen molar-refractivity contribution in [1.29, 1.82) is 0 Å². The Balaban J connectivity index is 4.18. The van der Waals surface area contributed by atoms with Gasteiger partial charge in [-0.05, 0) is 39.2 Å². The van der Waals surface area contributed by atoms with E-state index in [1.165, 1.54) is 0 Å². The van der Waals surface area contributed by atoms with E-state index in [4.69, 9.17) is 5.73 Å². The highest BCUT2D eigenvalue weighted by atomic mass is 32.2. The quantitative estimate of drug-likeness (QED) is 0.757. The maximum absolute atomic E-state index is 11.8. The monoisotopic (exact) mass is 218 g/mol. The lowest BCUT2D eigenvalue weighted by Crippen LogP contribution is -2.52. The summed E-state index contributed by atoms with van der Waals surface area (Å²) in [4.78, 5) is 13.5. The van der Waals surface area contributed by atoms with Crippen LogP contribution in [0, 0.1) is 0 Å². The molecule has 4 heteroatoms.